The van der Waals surface area contributed by atoms with Crippen LogP contribution in [0.15, 0.2) is 47.5 Å². The first-order valence-corrected chi connectivity index (χ1v) is 16.6. The fourth-order valence-corrected chi connectivity index (χ4v) is 6.24. The van der Waals surface area contributed by atoms with Gasteiger partial charge >= 0.3 is 0 Å². The number of carbonyl (C=O) groups is 1. The molecule has 1 aliphatic rings. The number of hydrogen-bond acceptors (Lipinski definition) is 7. The van der Waals surface area contributed by atoms with Crippen LogP contribution in [0.25, 0.3) is 0 Å². The molecule has 0 heterocycles. The van der Waals surface area contributed by atoms with Crippen molar-refractivity contribution in [3.63, 3.8) is 0 Å². The number of nitrogens with one attached hydrogen (secondary N) is 1. The highest BCUT2D eigenvalue weighted by molar-refractivity contribution is 6.32. The molecule has 0 radical (unpaired) electrons. The van der Waals surface area contributed by atoms with E-state index in [2.05, 4.69) is 90.0 Å². The van der Waals surface area contributed by atoms with Crippen LogP contribution in [0, 0.1) is 16.7 Å². The zero-order valence-corrected chi connectivity index (χ0v) is 30.1. The third-order valence-electron chi connectivity index (χ3n) is 8.57. The number of halogens is 1. The number of aliphatic imine (C=N–C) groups is 1. The van der Waals surface area contributed by atoms with E-state index in [1.54, 1.807) is 0 Å². The third kappa shape index (κ3) is 13.5. The molecule has 0 aliphatic heterocycles. The van der Waals surface area contributed by atoms with E-state index in [-0.39, 0.29) is 23.2 Å². The number of rotatable bonds is 11. The van der Waals surface area contributed by atoms with Crippen LogP contribution < -0.4 is 21.7 Å². The highest BCUT2D eigenvalue weighted by atomic mass is 35.5. The molecule has 2 aromatic carbocycles. The normalized spacial score (nSPS) is 19.6. The van der Waals surface area contributed by atoms with Crippen molar-refractivity contribution < 1.29 is 14.7 Å². The summed E-state index contributed by atoms with van der Waals surface area (Å²) in [6, 6.07) is 15.4. The molecule has 1 aliphatic carbocycles. The van der Waals surface area contributed by atoms with Gasteiger partial charge in [0, 0.05) is 11.8 Å². The minimum Gasteiger partial charge on any atom is -0.489 e. The van der Waals surface area contributed by atoms with E-state index in [1.165, 1.54) is 11.1 Å². The SMILES string of the molecule is C/C(=N\C1(NC(CCC(C)(C)C)c2ccc(CCN)cc2)CCC(C(C)(C)C)CC1)c1ccc(OC(C)C)c(Cl)c1.C=O.NO. The van der Waals surface area contributed by atoms with Gasteiger partial charge in [-0.1, -0.05) is 77.4 Å². The molecule has 6 N–H and O–H groups in total. The van der Waals surface area contributed by atoms with Gasteiger partial charge in [0.1, 0.15) is 18.2 Å². The average molecular weight is 645 g/mol. The topological polar surface area (TPSA) is 123 Å². The van der Waals surface area contributed by atoms with Crippen LogP contribution in [-0.2, 0) is 11.2 Å². The smallest absolute Gasteiger partial charge is 0.138 e. The second kappa shape index (κ2) is 18.8. The van der Waals surface area contributed by atoms with Crippen LogP contribution in [0.5, 0.6) is 5.75 Å². The van der Waals surface area contributed by atoms with E-state index in [1.807, 2.05) is 32.8 Å². The Kier molecular flexibility index (Phi) is 17.0. The van der Waals surface area contributed by atoms with Crippen LogP contribution in [0.1, 0.15) is 124 Å². The maximum absolute atomic E-state index is 8.00. The molecular weight excluding hydrogens is 584 g/mol. The number of ether oxygens (including phenoxy) is 1. The van der Waals surface area contributed by atoms with Gasteiger partial charge in [-0.3, -0.25) is 10.3 Å². The summed E-state index contributed by atoms with van der Waals surface area (Å²) in [7, 11) is 0. The van der Waals surface area contributed by atoms with Crippen molar-refractivity contribution in [3.8, 4) is 5.75 Å². The molecule has 1 atom stereocenters. The van der Waals surface area contributed by atoms with E-state index < -0.39 is 0 Å². The van der Waals surface area contributed by atoms with Crippen LogP contribution in [-0.4, -0.2) is 36.0 Å². The van der Waals surface area contributed by atoms with Crippen molar-refractivity contribution in [1.29, 1.82) is 0 Å². The van der Waals surface area contributed by atoms with Crippen molar-refractivity contribution in [2.45, 2.75) is 125 Å². The first-order chi connectivity index (χ1) is 21.1. The Morgan fingerprint density at radius 3 is 2.11 bits per heavy atom. The van der Waals surface area contributed by atoms with Crippen LogP contribution >= 0.6 is 11.6 Å². The van der Waals surface area contributed by atoms with E-state index >= 15 is 0 Å². The number of benzene rings is 2. The van der Waals surface area contributed by atoms with Gasteiger partial charge in [0.25, 0.3) is 0 Å². The lowest BCUT2D eigenvalue weighted by Gasteiger charge is -2.45. The Labute approximate surface area is 278 Å². The van der Waals surface area contributed by atoms with Crippen molar-refractivity contribution in [3.05, 3.63) is 64.2 Å². The first-order valence-electron chi connectivity index (χ1n) is 16.3. The molecule has 45 heavy (non-hydrogen) atoms. The van der Waals surface area contributed by atoms with Gasteiger partial charge < -0.3 is 20.5 Å². The van der Waals surface area contributed by atoms with Crippen molar-refractivity contribution >= 4 is 24.1 Å². The summed E-state index contributed by atoms with van der Waals surface area (Å²) in [5, 5.41) is 11.3. The second-order valence-electron chi connectivity index (χ2n) is 14.8. The Hall–Kier alpha value is -2.29. The van der Waals surface area contributed by atoms with Crippen molar-refractivity contribution in [2.24, 2.45) is 33.4 Å². The molecule has 3 rings (SSSR count). The summed E-state index contributed by atoms with van der Waals surface area (Å²) in [6.07, 6.45) is 7.54. The predicted molar refractivity (Wildman–Crippen MR) is 190 cm³/mol. The monoisotopic (exact) mass is 644 g/mol. The van der Waals surface area contributed by atoms with Crippen molar-refractivity contribution in [2.75, 3.05) is 6.54 Å². The summed E-state index contributed by atoms with van der Waals surface area (Å²) < 4.78 is 5.88. The Balaban J connectivity index is 0.00000243. The quantitative estimate of drug-likeness (QED) is 0.143. The van der Waals surface area contributed by atoms with Gasteiger partial charge in [-0.25, -0.2) is 5.90 Å². The molecule has 254 valence electrons. The lowest BCUT2D eigenvalue weighted by Crippen LogP contribution is -2.49. The lowest BCUT2D eigenvalue weighted by molar-refractivity contribution is -0.0980. The van der Waals surface area contributed by atoms with E-state index in [9.17, 15) is 0 Å². The highest BCUT2D eigenvalue weighted by Crippen LogP contribution is 2.44. The van der Waals surface area contributed by atoms with Gasteiger partial charge in [0.15, 0.2) is 0 Å². The minimum absolute atomic E-state index is 0.0768. The van der Waals surface area contributed by atoms with E-state index in [4.69, 9.17) is 37.1 Å². The Morgan fingerprint density at radius 2 is 1.64 bits per heavy atom. The minimum atomic E-state index is -0.329. The zero-order chi connectivity index (χ0) is 34.4. The van der Waals surface area contributed by atoms with Gasteiger partial charge in [-0.05, 0) is 124 Å². The van der Waals surface area contributed by atoms with E-state index in [0.717, 1.165) is 62.0 Å². The lowest BCUT2D eigenvalue weighted by atomic mass is 9.69. The molecule has 0 amide bonds. The maximum Gasteiger partial charge on any atom is 0.138 e. The van der Waals surface area contributed by atoms with E-state index in [0.29, 0.717) is 22.9 Å². The fourth-order valence-electron chi connectivity index (χ4n) is 6.02. The van der Waals surface area contributed by atoms with Crippen LogP contribution in [0.3, 0.4) is 0 Å². The summed E-state index contributed by atoms with van der Waals surface area (Å²) >= 11 is 6.64. The molecule has 0 aromatic heterocycles. The van der Waals surface area contributed by atoms with Crippen molar-refractivity contribution in [1.82, 2.24) is 5.32 Å². The summed E-state index contributed by atoms with van der Waals surface area (Å²) in [5.41, 5.74) is 10.7. The fraction of sp³-hybridized carbons (Fsp3) is 0.622. The second-order valence-corrected chi connectivity index (χ2v) is 15.2. The molecule has 8 heteroatoms. The molecule has 1 unspecified atom stereocenters. The first kappa shape index (κ1) is 40.7. The van der Waals surface area contributed by atoms with Crippen LogP contribution in [0.2, 0.25) is 5.02 Å². The molecular formula is C37H61ClN4O3. The number of nitrogens with zero attached hydrogens (tertiary/aromatic N) is 1. The largest absolute Gasteiger partial charge is 0.489 e. The standard InChI is InChI=1S/C36H56ClN3O.CH2O.H3NO/c1-25(2)41-33-15-14-29(24-31(33)37)26(3)39-36(21-16-30(17-22-36)35(7,8)9)40-32(18-20-34(4,5)6)28-12-10-27(11-13-28)19-23-38;2*1-2/h10-15,24-25,30,32,40H,16-23,38H2,1-9H3;1H2;2H,1H2/b39-26+;;. The molecule has 1 fully saturated rings. The third-order valence-corrected chi connectivity index (χ3v) is 8.87. The average Bonchev–Trinajstić information content (AvgIpc) is 2.98. The highest BCUT2D eigenvalue weighted by Gasteiger charge is 2.40. The zero-order valence-electron chi connectivity index (χ0n) is 29.4. The molecule has 0 spiro atoms. The number of nitrogens with two attached hydrogens (primary N) is 2. The number of hydrogen-bond donors (Lipinski definition) is 4. The van der Waals surface area contributed by atoms with Crippen LogP contribution in [0.4, 0.5) is 0 Å². The molecule has 1 saturated carbocycles. The molecule has 2 aromatic rings. The van der Waals surface area contributed by atoms with Gasteiger partial charge in [0.05, 0.1) is 11.1 Å². The predicted octanol–water partition coefficient (Wildman–Crippen LogP) is 8.68. The number of carbonyl (C=O) groups excluding carboxylic acids is 1. The molecule has 7 nitrogen and oxygen atoms in total. The summed E-state index contributed by atoms with van der Waals surface area (Å²) in [5.74, 6) is 4.91. The Morgan fingerprint density at radius 1 is 1.07 bits per heavy atom. The van der Waals surface area contributed by atoms with Gasteiger partial charge in [0.2, 0.25) is 0 Å². The molecule has 0 bridgehead atoms. The van der Waals surface area contributed by atoms with Gasteiger partial charge in [-0.2, -0.15) is 0 Å². The maximum atomic E-state index is 8.00. The molecule has 0 saturated heterocycles. The summed E-state index contributed by atoms with van der Waals surface area (Å²) in [6.45, 7) is 23.0. The van der Waals surface area contributed by atoms with Gasteiger partial charge in [-0.15, -0.1) is 0 Å². The Bertz CT molecular complexity index is 1160. The summed E-state index contributed by atoms with van der Waals surface area (Å²) in [4.78, 5) is 13.5.